The molecule has 0 aliphatic carbocycles. The van der Waals surface area contributed by atoms with E-state index < -0.39 is 11.6 Å². The number of hydrogen-bond donors (Lipinski definition) is 0. The Morgan fingerprint density at radius 1 is 1.12 bits per heavy atom. The first-order chi connectivity index (χ1) is 8.08. The molecule has 0 unspecified atom stereocenters. The van der Waals surface area contributed by atoms with Crippen LogP contribution in [0.1, 0.15) is 5.56 Å². The first-order valence-electron chi connectivity index (χ1n) is 4.87. The number of aromatic nitrogens is 1. The fourth-order valence-corrected chi connectivity index (χ4v) is 2.00. The molecule has 1 aromatic carbocycles. The molecule has 0 aliphatic rings. The summed E-state index contributed by atoms with van der Waals surface area (Å²) in [5.74, 6) is -1.29. The molecule has 0 atom stereocenters. The van der Waals surface area contributed by atoms with Gasteiger partial charge in [0, 0.05) is 21.4 Å². The molecule has 17 heavy (non-hydrogen) atoms. The molecule has 88 valence electrons. The lowest BCUT2D eigenvalue weighted by molar-refractivity contribution is 0.541. The highest BCUT2D eigenvalue weighted by molar-refractivity contribution is 14.1. The summed E-state index contributed by atoms with van der Waals surface area (Å²) >= 11 is 2.03. The number of halogens is 3. The van der Waals surface area contributed by atoms with Gasteiger partial charge in [0.05, 0.1) is 6.54 Å². The minimum Gasteiger partial charge on any atom is -0.310 e. The average molecular weight is 347 g/mol. The van der Waals surface area contributed by atoms with Gasteiger partial charge in [0.25, 0.3) is 5.56 Å². The van der Waals surface area contributed by atoms with Gasteiger partial charge in [-0.1, -0.05) is 6.07 Å². The Morgan fingerprint density at radius 2 is 1.76 bits per heavy atom. The van der Waals surface area contributed by atoms with Gasteiger partial charge in [-0.2, -0.15) is 0 Å². The molecule has 1 heterocycles. The highest BCUT2D eigenvalue weighted by Crippen LogP contribution is 2.13. The van der Waals surface area contributed by atoms with Gasteiger partial charge in [0.2, 0.25) is 0 Å². The van der Waals surface area contributed by atoms with Crippen molar-refractivity contribution in [3.63, 3.8) is 0 Å². The van der Waals surface area contributed by atoms with Crippen LogP contribution in [0.25, 0.3) is 0 Å². The molecular formula is C12H8F2INO. The van der Waals surface area contributed by atoms with E-state index in [9.17, 15) is 13.6 Å². The quantitative estimate of drug-likeness (QED) is 0.766. The maximum absolute atomic E-state index is 13.4. The molecule has 2 nitrogen and oxygen atoms in total. The van der Waals surface area contributed by atoms with E-state index in [4.69, 9.17) is 0 Å². The molecule has 0 N–H and O–H groups in total. The van der Waals surface area contributed by atoms with Crippen molar-refractivity contribution in [3.05, 3.63) is 67.7 Å². The summed E-state index contributed by atoms with van der Waals surface area (Å²) in [6.45, 7) is -0.103. The Balaban J connectivity index is 2.45. The number of benzene rings is 1. The van der Waals surface area contributed by atoms with Gasteiger partial charge in [-0.15, -0.1) is 0 Å². The first-order valence-corrected chi connectivity index (χ1v) is 5.94. The second-order valence-electron chi connectivity index (χ2n) is 3.51. The van der Waals surface area contributed by atoms with Gasteiger partial charge in [0.15, 0.2) is 0 Å². The zero-order valence-electron chi connectivity index (χ0n) is 8.66. The highest BCUT2D eigenvalue weighted by atomic mass is 127. The van der Waals surface area contributed by atoms with Crippen molar-refractivity contribution in [2.24, 2.45) is 0 Å². The maximum Gasteiger partial charge on any atom is 0.250 e. The molecule has 0 radical (unpaired) electrons. The SMILES string of the molecule is O=c1ccc(I)cn1Cc1c(F)cccc1F. The normalized spacial score (nSPS) is 10.5. The van der Waals surface area contributed by atoms with Crippen molar-refractivity contribution < 1.29 is 8.78 Å². The Bertz CT molecular complexity index is 589. The van der Waals surface area contributed by atoms with Crippen LogP contribution in [-0.4, -0.2) is 4.57 Å². The minimum absolute atomic E-state index is 0.100. The van der Waals surface area contributed by atoms with Gasteiger partial charge in [0.1, 0.15) is 11.6 Å². The van der Waals surface area contributed by atoms with Crippen LogP contribution in [0.5, 0.6) is 0 Å². The lowest BCUT2D eigenvalue weighted by Gasteiger charge is -2.08. The Kier molecular flexibility index (Phi) is 3.56. The van der Waals surface area contributed by atoms with Crippen LogP contribution in [0.2, 0.25) is 0 Å². The smallest absolute Gasteiger partial charge is 0.250 e. The fourth-order valence-electron chi connectivity index (χ4n) is 1.48. The van der Waals surface area contributed by atoms with E-state index in [1.165, 1.54) is 28.8 Å². The van der Waals surface area contributed by atoms with Crippen molar-refractivity contribution in [1.82, 2.24) is 4.57 Å². The molecule has 0 saturated heterocycles. The monoisotopic (exact) mass is 347 g/mol. The fraction of sp³-hybridized carbons (Fsp3) is 0.0833. The molecule has 0 aliphatic heterocycles. The van der Waals surface area contributed by atoms with Crippen LogP contribution in [-0.2, 0) is 6.54 Å². The van der Waals surface area contributed by atoms with Gasteiger partial charge in [-0.25, -0.2) is 8.78 Å². The van der Waals surface area contributed by atoms with E-state index in [2.05, 4.69) is 0 Å². The zero-order chi connectivity index (χ0) is 12.4. The van der Waals surface area contributed by atoms with Gasteiger partial charge < -0.3 is 4.57 Å². The summed E-state index contributed by atoms with van der Waals surface area (Å²) in [5, 5.41) is 0. The van der Waals surface area contributed by atoms with Gasteiger partial charge in [-0.05, 0) is 40.8 Å². The van der Waals surface area contributed by atoms with Crippen molar-refractivity contribution in [1.29, 1.82) is 0 Å². The van der Waals surface area contributed by atoms with Crippen LogP contribution < -0.4 is 5.56 Å². The summed E-state index contributed by atoms with van der Waals surface area (Å²) < 4.78 is 28.9. The molecule has 0 amide bonds. The van der Waals surface area contributed by atoms with Crippen molar-refractivity contribution in [2.45, 2.75) is 6.54 Å². The predicted molar refractivity (Wildman–Crippen MR) is 68.9 cm³/mol. The molecule has 5 heteroatoms. The summed E-state index contributed by atoms with van der Waals surface area (Å²) in [6.07, 6.45) is 1.56. The zero-order valence-corrected chi connectivity index (χ0v) is 10.8. The average Bonchev–Trinajstić information content (AvgIpc) is 2.28. The molecule has 0 saturated carbocycles. The summed E-state index contributed by atoms with van der Waals surface area (Å²) in [6, 6.07) is 6.68. The Hall–Kier alpha value is -1.24. The second kappa shape index (κ2) is 4.95. The summed E-state index contributed by atoms with van der Waals surface area (Å²) in [5.41, 5.74) is -0.385. The predicted octanol–water partition coefficient (Wildman–Crippen LogP) is 2.78. The summed E-state index contributed by atoms with van der Waals surface area (Å²) in [4.78, 5) is 11.5. The first kappa shape index (κ1) is 12.2. The van der Waals surface area contributed by atoms with Crippen LogP contribution in [0.3, 0.4) is 0 Å². The van der Waals surface area contributed by atoms with E-state index in [1.807, 2.05) is 22.6 Å². The Labute approximate surface area is 110 Å². The number of hydrogen-bond acceptors (Lipinski definition) is 1. The van der Waals surface area contributed by atoms with Crippen molar-refractivity contribution >= 4 is 22.6 Å². The molecule has 1 aromatic heterocycles. The number of pyridine rings is 1. The third-order valence-corrected chi connectivity index (χ3v) is 2.98. The van der Waals surface area contributed by atoms with Crippen molar-refractivity contribution in [3.8, 4) is 0 Å². The van der Waals surface area contributed by atoms with Crippen LogP contribution in [0, 0.1) is 15.2 Å². The molecule has 0 spiro atoms. The van der Waals surface area contributed by atoms with Crippen LogP contribution in [0.15, 0.2) is 41.3 Å². The highest BCUT2D eigenvalue weighted by Gasteiger charge is 2.09. The summed E-state index contributed by atoms with van der Waals surface area (Å²) in [7, 11) is 0. The van der Waals surface area contributed by atoms with Gasteiger partial charge >= 0.3 is 0 Å². The van der Waals surface area contributed by atoms with E-state index in [0.717, 1.165) is 3.57 Å². The third kappa shape index (κ3) is 2.71. The van der Waals surface area contributed by atoms with E-state index in [0.29, 0.717) is 0 Å². The Morgan fingerprint density at radius 3 is 2.41 bits per heavy atom. The topological polar surface area (TPSA) is 22.0 Å². The molecule has 0 bridgehead atoms. The van der Waals surface area contributed by atoms with Crippen LogP contribution >= 0.6 is 22.6 Å². The number of nitrogens with zero attached hydrogens (tertiary/aromatic N) is 1. The van der Waals surface area contributed by atoms with E-state index in [1.54, 1.807) is 12.3 Å². The third-order valence-electron chi connectivity index (χ3n) is 2.34. The van der Waals surface area contributed by atoms with Gasteiger partial charge in [-0.3, -0.25) is 4.79 Å². The minimum atomic E-state index is -0.643. The maximum atomic E-state index is 13.4. The lowest BCUT2D eigenvalue weighted by atomic mass is 10.2. The molecule has 0 fully saturated rings. The van der Waals surface area contributed by atoms with Crippen LogP contribution in [0.4, 0.5) is 8.78 Å². The molecule has 2 aromatic rings. The lowest BCUT2D eigenvalue weighted by Crippen LogP contribution is -2.20. The van der Waals surface area contributed by atoms with Crippen molar-refractivity contribution in [2.75, 3.05) is 0 Å². The van der Waals surface area contributed by atoms with E-state index in [-0.39, 0.29) is 17.7 Å². The standard InChI is InChI=1S/C12H8F2INO/c13-10-2-1-3-11(14)9(10)7-16-6-8(15)4-5-12(16)17/h1-6H,7H2. The molecule has 2 rings (SSSR count). The largest absolute Gasteiger partial charge is 0.310 e. The second-order valence-corrected chi connectivity index (χ2v) is 4.76. The number of rotatable bonds is 2. The molecular weight excluding hydrogens is 339 g/mol. The van der Waals surface area contributed by atoms with E-state index >= 15 is 0 Å².